The van der Waals surface area contributed by atoms with Crippen LogP contribution in [-0.2, 0) is 27.3 Å². The number of ketones is 2. The lowest BCUT2D eigenvalue weighted by atomic mass is 9.58. The van der Waals surface area contributed by atoms with Gasteiger partial charge in [-0.1, -0.05) is 24.3 Å². The average molecular weight is 634 g/mol. The number of ether oxygens (including phenoxy) is 1. The zero-order valence-electron chi connectivity index (χ0n) is 27.1. The number of Topliss-reactive ketones (excluding diaryl/α,β-unsaturated/α-hetero) is 2. The second-order valence-corrected chi connectivity index (χ2v) is 13.8. The maximum atomic E-state index is 14.1. The van der Waals surface area contributed by atoms with Gasteiger partial charge < -0.3 is 30.9 Å². The molecular formula is C35H43N3O8. The first-order chi connectivity index (χ1) is 21.5. The molecule has 11 nitrogen and oxygen atoms in total. The molecule has 0 unspecified atom stereocenters. The van der Waals surface area contributed by atoms with Crippen LogP contribution < -0.4 is 5.73 Å². The zero-order chi connectivity index (χ0) is 33.9. The van der Waals surface area contributed by atoms with Gasteiger partial charge in [-0.3, -0.25) is 24.2 Å². The maximum Gasteiger partial charge on any atom is 0.255 e. The van der Waals surface area contributed by atoms with Crippen LogP contribution in [0, 0.1) is 11.8 Å². The maximum absolute atomic E-state index is 14.1. The molecule has 2 aromatic carbocycles. The number of benzene rings is 2. The summed E-state index contributed by atoms with van der Waals surface area (Å²) in [5.41, 5.74) is 4.71. The number of fused-ring (bicyclic) bond motifs is 3. The quantitative estimate of drug-likeness (QED) is 0.272. The fourth-order valence-corrected chi connectivity index (χ4v) is 7.26. The van der Waals surface area contributed by atoms with Crippen LogP contribution in [0.25, 0.3) is 11.1 Å². The van der Waals surface area contributed by atoms with E-state index in [0.29, 0.717) is 18.7 Å². The van der Waals surface area contributed by atoms with E-state index < -0.39 is 58.0 Å². The molecule has 0 heterocycles. The number of hydrogen-bond donors (Lipinski definition) is 5. The van der Waals surface area contributed by atoms with Gasteiger partial charge in [0.2, 0.25) is 5.78 Å². The molecule has 0 bridgehead atoms. The smallest absolute Gasteiger partial charge is 0.255 e. The number of phenols is 1. The van der Waals surface area contributed by atoms with Gasteiger partial charge in [0, 0.05) is 24.6 Å². The number of carbonyl (C=O) groups excluding carboxylic acids is 3. The molecule has 0 saturated carbocycles. The van der Waals surface area contributed by atoms with Crippen LogP contribution in [0.15, 0.2) is 59.1 Å². The van der Waals surface area contributed by atoms with E-state index >= 15 is 0 Å². The van der Waals surface area contributed by atoms with E-state index in [1.54, 1.807) is 20.2 Å². The van der Waals surface area contributed by atoms with E-state index in [1.807, 2.05) is 52.1 Å². The summed E-state index contributed by atoms with van der Waals surface area (Å²) in [7, 11) is 5.22. The number of aromatic hydroxyl groups is 1. The number of aliphatic hydroxyl groups is 3. The topological polar surface area (TPSA) is 174 Å². The number of primary amides is 1. The number of rotatable bonds is 8. The molecule has 0 fully saturated rings. The highest BCUT2D eigenvalue weighted by Gasteiger charge is 2.63. The van der Waals surface area contributed by atoms with Crippen molar-refractivity contribution in [1.29, 1.82) is 0 Å². The van der Waals surface area contributed by atoms with Crippen molar-refractivity contribution in [1.82, 2.24) is 9.80 Å². The first-order valence-corrected chi connectivity index (χ1v) is 15.4. The Bertz CT molecular complexity index is 1670. The number of likely N-dealkylation sites (N-methyl/N-ethyl adjacent to an activating group) is 2. The minimum atomic E-state index is -2.67. The lowest BCUT2D eigenvalue weighted by molar-refractivity contribution is -0.148. The molecule has 3 aliphatic rings. The molecule has 0 saturated heterocycles. The highest BCUT2D eigenvalue weighted by atomic mass is 16.5. The van der Waals surface area contributed by atoms with Gasteiger partial charge in [0.05, 0.1) is 23.8 Å². The molecule has 0 spiro atoms. The lowest BCUT2D eigenvalue weighted by Crippen LogP contribution is -2.63. The zero-order valence-corrected chi connectivity index (χ0v) is 27.1. The Balaban J connectivity index is 1.54. The lowest BCUT2D eigenvalue weighted by Gasteiger charge is -2.50. The van der Waals surface area contributed by atoms with E-state index in [0.717, 1.165) is 23.2 Å². The molecular weight excluding hydrogens is 590 g/mol. The molecule has 1 amide bonds. The Morgan fingerprint density at radius 3 is 2.41 bits per heavy atom. The van der Waals surface area contributed by atoms with Gasteiger partial charge in [0.25, 0.3) is 5.91 Å². The Hall–Kier alpha value is -4.03. The molecule has 4 atom stereocenters. The van der Waals surface area contributed by atoms with Crippen molar-refractivity contribution in [2.75, 3.05) is 34.3 Å². The van der Waals surface area contributed by atoms with Crippen molar-refractivity contribution < 1.29 is 39.5 Å². The number of aliphatic hydroxyl groups excluding tert-OH is 2. The number of nitrogens with zero attached hydrogens (tertiary/aromatic N) is 2. The van der Waals surface area contributed by atoms with Crippen LogP contribution in [0.4, 0.5) is 0 Å². The van der Waals surface area contributed by atoms with Gasteiger partial charge in [-0.25, -0.2) is 0 Å². The highest BCUT2D eigenvalue weighted by Crippen LogP contribution is 2.53. The van der Waals surface area contributed by atoms with Crippen LogP contribution in [-0.4, -0.2) is 99.2 Å². The third-order valence-electron chi connectivity index (χ3n) is 9.30. The van der Waals surface area contributed by atoms with Crippen molar-refractivity contribution in [3.05, 3.63) is 75.8 Å². The fraction of sp³-hybridized carbons (Fsp3) is 0.457. The number of nitrogens with two attached hydrogens (primary N) is 1. The predicted molar refractivity (Wildman–Crippen MR) is 171 cm³/mol. The van der Waals surface area contributed by atoms with Crippen molar-refractivity contribution >= 4 is 17.5 Å². The first-order valence-electron chi connectivity index (χ1n) is 15.4. The summed E-state index contributed by atoms with van der Waals surface area (Å²) in [5, 5.41) is 45.3. The standard InChI is InChI=1S/C35H43N3O8/c1-34(2,3)46-13-12-38(6)17-18-8-7-9-19(14-18)21-10-11-24(39)26-22(21)15-20-16-23-28(37(4)5)30(41)27(33(36)44)32(43)35(23,45)31(42)25(20)29(26)40/h7-11,14,20,23,28,39,41-42,45H,12-13,15-17H2,1-6H3,(H2,36,44)/t20-,23-,28-,35-/m0/s1. The minimum absolute atomic E-state index is 0.0138. The van der Waals surface area contributed by atoms with Crippen molar-refractivity contribution in [2.45, 2.75) is 57.4 Å². The van der Waals surface area contributed by atoms with Gasteiger partial charge in [0.15, 0.2) is 11.4 Å². The molecule has 0 aromatic heterocycles. The summed E-state index contributed by atoms with van der Waals surface area (Å²) in [5.74, 6) is -6.72. The fourth-order valence-electron chi connectivity index (χ4n) is 7.26. The van der Waals surface area contributed by atoms with Crippen LogP contribution in [0.5, 0.6) is 5.75 Å². The number of allylic oxidation sites excluding steroid dienone is 1. The average Bonchev–Trinajstić information content (AvgIpc) is 2.94. The van der Waals surface area contributed by atoms with Crippen LogP contribution in [0.2, 0.25) is 0 Å². The molecule has 0 radical (unpaired) electrons. The molecule has 5 rings (SSSR count). The summed E-state index contributed by atoms with van der Waals surface area (Å²) >= 11 is 0. The Morgan fingerprint density at radius 1 is 1.09 bits per heavy atom. The number of phenolic OH excluding ortho intramolecular Hbond substituents is 1. The second-order valence-electron chi connectivity index (χ2n) is 13.8. The van der Waals surface area contributed by atoms with Crippen molar-refractivity contribution in [3.63, 3.8) is 0 Å². The molecule has 0 aliphatic heterocycles. The number of hydrogen-bond acceptors (Lipinski definition) is 10. The second kappa shape index (κ2) is 12.0. The number of amides is 1. The predicted octanol–water partition coefficient (Wildman–Crippen LogP) is 3.03. The summed E-state index contributed by atoms with van der Waals surface area (Å²) in [6.07, 6.45) is 0.245. The van der Waals surface area contributed by atoms with E-state index in [9.17, 15) is 34.8 Å². The monoisotopic (exact) mass is 633 g/mol. The largest absolute Gasteiger partial charge is 0.510 e. The Labute approximate surface area is 268 Å². The Morgan fingerprint density at radius 2 is 1.78 bits per heavy atom. The van der Waals surface area contributed by atoms with Gasteiger partial charge in [0.1, 0.15) is 22.8 Å². The van der Waals surface area contributed by atoms with Gasteiger partial charge in [-0.2, -0.15) is 0 Å². The van der Waals surface area contributed by atoms with Gasteiger partial charge >= 0.3 is 0 Å². The van der Waals surface area contributed by atoms with E-state index in [4.69, 9.17) is 10.5 Å². The molecule has 246 valence electrons. The SMILES string of the molecule is CN(CCOC(C)(C)C)Cc1cccc(-c2ccc(O)c3c2C[C@H]2C[C@H]4[C@H](N(C)C)C(O)=C(C(N)=O)C(=O)[C@@]4(O)C(O)=C2C3=O)c1. The van der Waals surface area contributed by atoms with Gasteiger partial charge in [-0.05, 0) is 95.1 Å². The third-order valence-corrected chi connectivity index (χ3v) is 9.30. The van der Waals surface area contributed by atoms with Crippen LogP contribution >= 0.6 is 0 Å². The molecule has 6 N–H and O–H groups in total. The molecule has 11 heteroatoms. The first kappa shape index (κ1) is 33.3. The van der Waals surface area contributed by atoms with E-state index in [-0.39, 0.29) is 35.3 Å². The molecule has 3 aliphatic carbocycles. The molecule has 2 aromatic rings. The van der Waals surface area contributed by atoms with Crippen molar-refractivity contribution in [2.24, 2.45) is 17.6 Å². The van der Waals surface area contributed by atoms with E-state index in [2.05, 4.69) is 4.90 Å². The van der Waals surface area contributed by atoms with E-state index in [1.165, 1.54) is 11.0 Å². The van der Waals surface area contributed by atoms with Crippen molar-refractivity contribution in [3.8, 4) is 16.9 Å². The minimum Gasteiger partial charge on any atom is -0.510 e. The molecule has 46 heavy (non-hydrogen) atoms. The third kappa shape index (κ3) is 5.62. The van der Waals surface area contributed by atoms with Crippen LogP contribution in [0.1, 0.15) is 48.7 Å². The number of carbonyl (C=O) groups is 3. The van der Waals surface area contributed by atoms with Crippen LogP contribution in [0.3, 0.4) is 0 Å². The Kier molecular flexibility index (Phi) is 8.67. The summed E-state index contributed by atoms with van der Waals surface area (Å²) in [6, 6.07) is 10.1. The van der Waals surface area contributed by atoms with Gasteiger partial charge in [-0.15, -0.1) is 0 Å². The highest BCUT2D eigenvalue weighted by molar-refractivity contribution is 6.24. The summed E-state index contributed by atoms with van der Waals surface area (Å²) in [4.78, 5) is 43.5. The normalized spacial score (nSPS) is 24.8. The summed E-state index contributed by atoms with van der Waals surface area (Å²) < 4.78 is 5.86. The summed E-state index contributed by atoms with van der Waals surface area (Å²) in [6.45, 7) is 8.04.